The molecule has 0 spiro atoms. The van der Waals surface area contributed by atoms with Crippen molar-refractivity contribution in [3.05, 3.63) is 12.2 Å². The van der Waals surface area contributed by atoms with E-state index in [0.29, 0.717) is 19.4 Å². The molecule has 0 fully saturated rings. The van der Waals surface area contributed by atoms with E-state index < -0.39 is 0 Å². The predicted octanol–water partition coefficient (Wildman–Crippen LogP) is 6.73. The lowest BCUT2D eigenvalue weighted by Crippen LogP contribution is -2.05. The number of rotatable bonds is 20. The minimum atomic E-state index is -0.119. The highest BCUT2D eigenvalue weighted by Gasteiger charge is 2.01. The SMILES string of the molecule is CCCCCCCC/C=C\CCCCCCCCOC(=O)CCCCO. The Kier molecular flexibility index (Phi) is 21.5. The van der Waals surface area contributed by atoms with Crippen molar-refractivity contribution in [2.75, 3.05) is 13.2 Å². The van der Waals surface area contributed by atoms with Crippen molar-refractivity contribution in [2.24, 2.45) is 0 Å². The first-order chi connectivity index (χ1) is 12.8. The predicted molar refractivity (Wildman–Crippen MR) is 111 cm³/mol. The van der Waals surface area contributed by atoms with Gasteiger partial charge in [0, 0.05) is 13.0 Å². The first-order valence-electron chi connectivity index (χ1n) is 11.2. The summed E-state index contributed by atoms with van der Waals surface area (Å²) in [6.07, 6.45) is 24.6. The summed E-state index contributed by atoms with van der Waals surface area (Å²) >= 11 is 0. The number of carbonyl (C=O) groups excluding carboxylic acids is 1. The molecule has 0 saturated heterocycles. The third-order valence-electron chi connectivity index (χ3n) is 4.71. The van der Waals surface area contributed by atoms with Gasteiger partial charge in [0.05, 0.1) is 6.61 Å². The van der Waals surface area contributed by atoms with E-state index in [9.17, 15) is 4.79 Å². The number of carbonyl (C=O) groups is 1. The van der Waals surface area contributed by atoms with Gasteiger partial charge in [-0.1, -0.05) is 76.9 Å². The molecule has 0 unspecified atom stereocenters. The molecule has 0 aliphatic rings. The molecule has 0 aromatic heterocycles. The van der Waals surface area contributed by atoms with Crippen LogP contribution in [0.5, 0.6) is 0 Å². The van der Waals surface area contributed by atoms with Gasteiger partial charge in [-0.25, -0.2) is 0 Å². The fourth-order valence-electron chi connectivity index (χ4n) is 2.99. The Bertz CT molecular complexity index is 313. The molecule has 3 heteroatoms. The van der Waals surface area contributed by atoms with Gasteiger partial charge < -0.3 is 9.84 Å². The number of hydrogen-bond acceptors (Lipinski definition) is 3. The van der Waals surface area contributed by atoms with E-state index in [-0.39, 0.29) is 12.6 Å². The number of hydrogen-bond donors (Lipinski definition) is 1. The highest BCUT2D eigenvalue weighted by atomic mass is 16.5. The Labute approximate surface area is 162 Å². The summed E-state index contributed by atoms with van der Waals surface area (Å²) in [5, 5.41) is 8.66. The van der Waals surface area contributed by atoms with E-state index in [2.05, 4.69) is 19.1 Å². The van der Waals surface area contributed by atoms with Crippen LogP contribution in [0.3, 0.4) is 0 Å². The third-order valence-corrected chi connectivity index (χ3v) is 4.71. The molecule has 0 bridgehead atoms. The Morgan fingerprint density at radius 2 is 1.27 bits per heavy atom. The summed E-state index contributed by atoms with van der Waals surface area (Å²) < 4.78 is 5.18. The summed E-state index contributed by atoms with van der Waals surface area (Å²) in [7, 11) is 0. The van der Waals surface area contributed by atoms with E-state index in [1.54, 1.807) is 0 Å². The van der Waals surface area contributed by atoms with Crippen LogP contribution in [-0.2, 0) is 9.53 Å². The molecular formula is C23H44O3. The Morgan fingerprint density at radius 1 is 0.731 bits per heavy atom. The van der Waals surface area contributed by atoms with Crippen molar-refractivity contribution in [3.8, 4) is 0 Å². The molecule has 0 aromatic rings. The van der Waals surface area contributed by atoms with Gasteiger partial charge in [-0.15, -0.1) is 0 Å². The third kappa shape index (κ3) is 21.2. The fourth-order valence-corrected chi connectivity index (χ4v) is 2.99. The molecule has 3 nitrogen and oxygen atoms in total. The lowest BCUT2D eigenvalue weighted by molar-refractivity contribution is -0.143. The number of allylic oxidation sites excluding steroid dienone is 2. The molecule has 154 valence electrons. The van der Waals surface area contributed by atoms with Gasteiger partial charge in [0.15, 0.2) is 0 Å². The number of aliphatic hydroxyl groups is 1. The minimum Gasteiger partial charge on any atom is -0.466 e. The second kappa shape index (κ2) is 22.2. The van der Waals surface area contributed by atoms with Crippen molar-refractivity contribution in [2.45, 2.75) is 116 Å². The highest BCUT2D eigenvalue weighted by Crippen LogP contribution is 2.10. The first-order valence-corrected chi connectivity index (χ1v) is 11.2. The average Bonchev–Trinajstić information content (AvgIpc) is 2.64. The standard InChI is InChI=1S/C23H44O3/c1-2-3-4-5-6-7-8-9-10-11-12-13-14-15-16-19-22-26-23(25)20-17-18-21-24/h9-10,24H,2-8,11-22H2,1H3/b10-9-. The first kappa shape index (κ1) is 25.2. The highest BCUT2D eigenvalue weighted by molar-refractivity contribution is 5.69. The van der Waals surface area contributed by atoms with E-state index in [1.165, 1.54) is 77.0 Å². The van der Waals surface area contributed by atoms with Crippen molar-refractivity contribution in [1.82, 2.24) is 0 Å². The fraction of sp³-hybridized carbons (Fsp3) is 0.870. The molecule has 0 aliphatic carbocycles. The minimum absolute atomic E-state index is 0.119. The molecule has 0 rings (SSSR count). The summed E-state index contributed by atoms with van der Waals surface area (Å²) in [4.78, 5) is 11.4. The lowest BCUT2D eigenvalue weighted by Gasteiger charge is -2.04. The van der Waals surface area contributed by atoms with Crippen LogP contribution < -0.4 is 0 Å². The van der Waals surface area contributed by atoms with Crippen molar-refractivity contribution in [3.63, 3.8) is 0 Å². The molecule has 1 N–H and O–H groups in total. The Morgan fingerprint density at radius 3 is 1.85 bits per heavy atom. The van der Waals surface area contributed by atoms with E-state index >= 15 is 0 Å². The van der Waals surface area contributed by atoms with Crippen LogP contribution in [0.1, 0.15) is 116 Å². The Hall–Kier alpha value is -0.830. The monoisotopic (exact) mass is 368 g/mol. The maximum Gasteiger partial charge on any atom is 0.305 e. The van der Waals surface area contributed by atoms with Gasteiger partial charge in [-0.05, 0) is 44.9 Å². The van der Waals surface area contributed by atoms with Crippen molar-refractivity contribution >= 4 is 5.97 Å². The normalized spacial score (nSPS) is 11.3. The molecule has 0 atom stereocenters. The van der Waals surface area contributed by atoms with Crippen molar-refractivity contribution in [1.29, 1.82) is 0 Å². The molecule has 0 radical (unpaired) electrons. The topological polar surface area (TPSA) is 46.5 Å². The van der Waals surface area contributed by atoms with Crippen LogP contribution >= 0.6 is 0 Å². The second-order valence-corrected chi connectivity index (χ2v) is 7.34. The lowest BCUT2D eigenvalue weighted by atomic mass is 10.1. The number of esters is 1. The van der Waals surface area contributed by atoms with Crippen LogP contribution in [0.15, 0.2) is 12.2 Å². The average molecular weight is 369 g/mol. The van der Waals surface area contributed by atoms with Crippen molar-refractivity contribution < 1.29 is 14.6 Å². The van der Waals surface area contributed by atoms with Gasteiger partial charge in [0.2, 0.25) is 0 Å². The van der Waals surface area contributed by atoms with Crippen LogP contribution in [0, 0.1) is 0 Å². The summed E-state index contributed by atoms with van der Waals surface area (Å²) in [6, 6.07) is 0. The second-order valence-electron chi connectivity index (χ2n) is 7.34. The maximum absolute atomic E-state index is 11.4. The van der Waals surface area contributed by atoms with Crippen LogP contribution in [-0.4, -0.2) is 24.3 Å². The van der Waals surface area contributed by atoms with Crippen LogP contribution in [0.25, 0.3) is 0 Å². The molecule has 26 heavy (non-hydrogen) atoms. The smallest absolute Gasteiger partial charge is 0.305 e. The quantitative estimate of drug-likeness (QED) is 0.147. The summed E-state index contributed by atoms with van der Waals surface area (Å²) in [5.41, 5.74) is 0. The Balaban J connectivity index is 3.14. The molecule has 0 aliphatic heterocycles. The van der Waals surface area contributed by atoms with Crippen LogP contribution in [0.4, 0.5) is 0 Å². The summed E-state index contributed by atoms with van der Waals surface area (Å²) in [6.45, 7) is 2.98. The van der Waals surface area contributed by atoms with E-state index in [0.717, 1.165) is 19.3 Å². The zero-order valence-corrected chi connectivity index (χ0v) is 17.4. The van der Waals surface area contributed by atoms with Gasteiger partial charge in [-0.2, -0.15) is 0 Å². The molecular weight excluding hydrogens is 324 g/mol. The van der Waals surface area contributed by atoms with E-state index in [1.807, 2.05) is 0 Å². The summed E-state index contributed by atoms with van der Waals surface area (Å²) in [5.74, 6) is -0.119. The number of ether oxygens (including phenoxy) is 1. The van der Waals surface area contributed by atoms with Gasteiger partial charge in [0.1, 0.15) is 0 Å². The van der Waals surface area contributed by atoms with Gasteiger partial charge in [-0.3, -0.25) is 4.79 Å². The number of unbranched alkanes of at least 4 members (excludes halogenated alkanes) is 13. The zero-order valence-electron chi connectivity index (χ0n) is 17.4. The van der Waals surface area contributed by atoms with Gasteiger partial charge in [0.25, 0.3) is 0 Å². The molecule has 0 aromatic carbocycles. The molecule has 0 heterocycles. The van der Waals surface area contributed by atoms with Crippen LogP contribution in [0.2, 0.25) is 0 Å². The zero-order chi connectivity index (χ0) is 19.1. The molecule has 0 amide bonds. The largest absolute Gasteiger partial charge is 0.466 e. The molecule has 0 saturated carbocycles. The number of aliphatic hydroxyl groups excluding tert-OH is 1. The maximum atomic E-state index is 11.4. The van der Waals surface area contributed by atoms with Gasteiger partial charge >= 0.3 is 5.97 Å². The van der Waals surface area contributed by atoms with E-state index in [4.69, 9.17) is 9.84 Å².